The molecule has 0 spiro atoms. The van der Waals surface area contributed by atoms with Gasteiger partial charge in [-0.3, -0.25) is 4.79 Å². The first-order valence-corrected chi connectivity index (χ1v) is 6.72. The molecule has 5 nitrogen and oxygen atoms in total. The quantitative estimate of drug-likeness (QED) is 0.841. The Labute approximate surface area is 117 Å². The molecule has 0 fully saturated rings. The Bertz CT molecular complexity index is 605. The Morgan fingerprint density at radius 3 is 2.60 bits per heavy atom. The SMILES string of the molecule is CCCn1ccnc(NCc2ccc(CO)cc2)c1=O. The first kappa shape index (κ1) is 14.3. The van der Waals surface area contributed by atoms with Gasteiger partial charge in [-0.1, -0.05) is 31.2 Å². The molecule has 2 aromatic rings. The van der Waals surface area contributed by atoms with Gasteiger partial charge in [0.25, 0.3) is 5.56 Å². The van der Waals surface area contributed by atoms with Crippen LogP contribution in [0.2, 0.25) is 0 Å². The number of benzene rings is 1. The summed E-state index contributed by atoms with van der Waals surface area (Å²) in [5, 5.41) is 12.0. The van der Waals surface area contributed by atoms with Gasteiger partial charge >= 0.3 is 0 Å². The molecule has 5 heteroatoms. The molecule has 0 amide bonds. The van der Waals surface area contributed by atoms with Crippen LogP contribution >= 0.6 is 0 Å². The molecule has 0 aliphatic carbocycles. The van der Waals surface area contributed by atoms with Crippen molar-refractivity contribution in [2.45, 2.75) is 33.0 Å². The van der Waals surface area contributed by atoms with Crippen molar-refractivity contribution in [2.75, 3.05) is 5.32 Å². The zero-order valence-corrected chi connectivity index (χ0v) is 11.5. The van der Waals surface area contributed by atoms with E-state index in [1.807, 2.05) is 31.2 Å². The molecular formula is C15H19N3O2. The third kappa shape index (κ3) is 3.45. The number of hydrogen-bond donors (Lipinski definition) is 2. The van der Waals surface area contributed by atoms with Crippen LogP contribution in [0.15, 0.2) is 41.5 Å². The Hall–Kier alpha value is -2.14. The molecular weight excluding hydrogens is 254 g/mol. The van der Waals surface area contributed by atoms with Crippen molar-refractivity contribution in [3.05, 3.63) is 58.1 Å². The van der Waals surface area contributed by atoms with E-state index in [4.69, 9.17) is 5.11 Å². The Kier molecular flexibility index (Phi) is 4.90. The van der Waals surface area contributed by atoms with Gasteiger partial charge < -0.3 is 15.0 Å². The standard InChI is InChI=1S/C15H19N3O2/c1-2-8-18-9-7-16-14(15(18)20)17-10-12-3-5-13(11-19)6-4-12/h3-7,9,19H,2,8,10-11H2,1H3,(H,16,17). The van der Waals surface area contributed by atoms with Crippen molar-refractivity contribution >= 4 is 5.82 Å². The molecule has 0 saturated heterocycles. The van der Waals surface area contributed by atoms with Crippen molar-refractivity contribution in [2.24, 2.45) is 0 Å². The molecule has 0 unspecified atom stereocenters. The molecule has 20 heavy (non-hydrogen) atoms. The van der Waals surface area contributed by atoms with E-state index in [-0.39, 0.29) is 12.2 Å². The molecule has 0 aliphatic heterocycles. The Morgan fingerprint density at radius 1 is 1.25 bits per heavy atom. The number of aliphatic hydroxyl groups is 1. The fraction of sp³-hybridized carbons (Fsp3) is 0.333. The van der Waals surface area contributed by atoms with E-state index in [2.05, 4.69) is 10.3 Å². The van der Waals surface area contributed by atoms with Gasteiger partial charge in [0.05, 0.1) is 6.61 Å². The maximum atomic E-state index is 12.1. The van der Waals surface area contributed by atoms with Gasteiger partial charge in [0, 0.05) is 25.5 Å². The highest BCUT2D eigenvalue weighted by Crippen LogP contribution is 2.06. The van der Waals surface area contributed by atoms with E-state index < -0.39 is 0 Å². The smallest absolute Gasteiger partial charge is 0.293 e. The Balaban J connectivity index is 2.06. The summed E-state index contributed by atoms with van der Waals surface area (Å²) in [6, 6.07) is 7.58. The minimum atomic E-state index is -0.0960. The molecule has 0 saturated carbocycles. The van der Waals surface area contributed by atoms with Crippen molar-refractivity contribution in [1.29, 1.82) is 0 Å². The van der Waals surface area contributed by atoms with Crippen LogP contribution in [0.1, 0.15) is 24.5 Å². The van der Waals surface area contributed by atoms with E-state index in [1.165, 1.54) is 0 Å². The molecule has 2 rings (SSSR count). The van der Waals surface area contributed by atoms with Crippen LogP contribution in [0.3, 0.4) is 0 Å². The summed E-state index contributed by atoms with van der Waals surface area (Å²) in [4.78, 5) is 16.2. The average Bonchev–Trinajstić information content (AvgIpc) is 2.49. The van der Waals surface area contributed by atoms with Crippen molar-refractivity contribution in [3.8, 4) is 0 Å². The first-order chi connectivity index (χ1) is 9.74. The van der Waals surface area contributed by atoms with Gasteiger partial charge in [-0.25, -0.2) is 4.98 Å². The van der Waals surface area contributed by atoms with Crippen LogP contribution in [0.5, 0.6) is 0 Å². The monoisotopic (exact) mass is 273 g/mol. The summed E-state index contributed by atoms with van der Waals surface area (Å²) in [6.45, 7) is 3.30. The lowest BCUT2D eigenvalue weighted by molar-refractivity contribution is 0.282. The second-order valence-electron chi connectivity index (χ2n) is 4.60. The zero-order chi connectivity index (χ0) is 14.4. The molecule has 106 valence electrons. The van der Waals surface area contributed by atoms with Crippen molar-refractivity contribution in [3.63, 3.8) is 0 Å². The van der Waals surface area contributed by atoms with Gasteiger partial charge in [0.1, 0.15) is 0 Å². The molecule has 0 atom stereocenters. The fourth-order valence-corrected chi connectivity index (χ4v) is 1.93. The van der Waals surface area contributed by atoms with E-state index in [9.17, 15) is 4.79 Å². The van der Waals surface area contributed by atoms with Crippen molar-refractivity contribution in [1.82, 2.24) is 9.55 Å². The molecule has 1 aromatic carbocycles. The largest absolute Gasteiger partial charge is 0.392 e. The second-order valence-corrected chi connectivity index (χ2v) is 4.60. The normalized spacial score (nSPS) is 10.5. The topological polar surface area (TPSA) is 67.2 Å². The third-order valence-corrected chi connectivity index (χ3v) is 3.04. The van der Waals surface area contributed by atoms with Crippen LogP contribution < -0.4 is 10.9 Å². The highest BCUT2D eigenvalue weighted by Gasteiger charge is 2.03. The summed E-state index contributed by atoms with van der Waals surface area (Å²) in [7, 11) is 0. The lowest BCUT2D eigenvalue weighted by Crippen LogP contribution is -2.24. The molecule has 0 radical (unpaired) electrons. The summed E-state index contributed by atoms with van der Waals surface area (Å²) in [5.41, 5.74) is 1.81. The number of rotatable bonds is 6. The summed E-state index contributed by atoms with van der Waals surface area (Å²) >= 11 is 0. The predicted octanol–water partition coefficient (Wildman–Crippen LogP) is 1.76. The number of nitrogens with zero attached hydrogens (tertiary/aromatic N) is 2. The van der Waals surface area contributed by atoms with E-state index in [1.54, 1.807) is 17.0 Å². The minimum Gasteiger partial charge on any atom is -0.392 e. The minimum absolute atomic E-state index is 0.0374. The second kappa shape index (κ2) is 6.86. The molecule has 1 heterocycles. The van der Waals surface area contributed by atoms with Gasteiger partial charge in [-0.2, -0.15) is 0 Å². The van der Waals surface area contributed by atoms with E-state index >= 15 is 0 Å². The molecule has 2 N–H and O–H groups in total. The van der Waals surface area contributed by atoms with E-state index in [0.29, 0.717) is 18.9 Å². The fourth-order valence-electron chi connectivity index (χ4n) is 1.93. The maximum absolute atomic E-state index is 12.1. The van der Waals surface area contributed by atoms with Gasteiger partial charge in [-0.05, 0) is 17.5 Å². The highest BCUT2D eigenvalue weighted by molar-refractivity contribution is 5.33. The van der Waals surface area contributed by atoms with Crippen LogP contribution in [-0.2, 0) is 19.7 Å². The summed E-state index contributed by atoms with van der Waals surface area (Å²) in [5.74, 6) is 0.368. The predicted molar refractivity (Wildman–Crippen MR) is 78.5 cm³/mol. The number of hydrogen-bond acceptors (Lipinski definition) is 4. The van der Waals surface area contributed by atoms with Crippen LogP contribution in [0.25, 0.3) is 0 Å². The van der Waals surface area contributed by atoms with Gasteiger partial charge in [0.15, 0.2) is 5.82 Å². The summed E-state index contributed by atoms with van der Waals surface area (Å²) in [6.07, 6.45) is 4.24. The lowest BCUT2D eigenvalue weighted by atomic mass is 10.1. The number of aryl methyl sites for hydroxylation is 1. The molecule has 1 aromatic heterocycles. The zero-order valence-electron chi connectivity index (χ0n) is 11.5. The Morgan fingerprint density at radius 2 is 1.95 bits per heavy atom. The number of aromatic nitrogens is 2. The first-order valence-electron chi connectivity index (χ1n) is 6.72. The van der Waals surface area contributed by atoms with Crippen LogP contribution in [-0.4, -0.2) is 14.7 Å². The number of nitrogens with one attached hydrogen (secondary N) is 1. The third-order valence-electron chi connectivity index (χ3n) is 3.04. The van der Waals surface area contributed by atoms with Crippen molar-refractivity contribution < 1.29 is 5.11 Å². The van der Waals surface area contributed by atoms with Gasteiger partial charge in [0.2, 0.25) is 0 Å². The van der Waals surface area contributed by atoms with E-state index in [0.717, 1.165) is 17.5 Å². The maximum Gasteiger partial charge on any atom is 0.293 e. The van der Waals surface area contributed by atoms with Crippen LogP contribution in [0, 0.1) is 0 Å². The molecule has 0 aliphatic rings. The lowest BCUT2D eigenvalue weighted by Gasteiger charge is -2.08. The summed E-state index contributed by atoms with van der Waals surface area (Å²) < 4.78 is 1.66. The van der Waals surface area contributed by atoms with Crippen LogP contribution in [0.4, 0.5) is 5.82 Å². The highest BCUT2D eigenvalue weighted by atomic mass is 16.3. The average molecular weight is 273 g/mol. The molecule has 0 bridgehead atoms. The van der Waals surface area contributed by atoms with Gasteiger partial charge in [-0.15, -0.1) is 0 Å². The number of aliphatic hydroxyl groups excluding tert-OH is 1. The number of anilines is 1.